The summed E-state index contributed by atoms with van der Waals surface area (Å²) < 4.78 is 15.7. The van der Waals surface area contributed by atoms with Gasteiger partial charge in [0.1, 0.15) is 5.82 Å². The van der Waals surface area contributed by atoms with Gasteiger partial charge in [-0.25, -0.2) is 4.39 Å². The highest BCUT2D eigenvalue weighted by Crippen LogP contribution is 2.42. The van der Waals surface area contributed by atoms with Crippen molar-refractivity contribution in [3.8, 4) is 0 Å². The van der Waals surface area contributed by atoms with Crippen molar-refractivity contribution in [3.63, 3.8) is 0 Å². The van der Waals surface area contributed by atoms with Crippen LogP contribution in [0.4, 0.5) is 4.39 Å². The fraction of sp³-hybridized carbons (Fsp3) is 0.385. The van der Waals surface area contributed by atoms with Gasteiger partial charge in [-0.05, 0) is 55.0 Å². The molecule has 1 fully saturated rings. The van der Waals surface area contributed by atoms with E-state index in [-0.39, 0.29) is 24.2 Å². The lowest BCUT2D eigenvalue weighted by molar-refractivity contribution is -0.136. The van der Waals surface area contributed by atoms with Crippen molar-refractivity contribution in [1.29, 1.82) is 0 Å². The third kappa shape index (κ3) is 3.48. The molecule has 1 saturated carbocycles. The molecular formula is C26H27FN2O3. The molecule has 5 rings (SSSR count). The maximum atomic E-state index is 13.6. The first-order valence-corrected chi connectivity index (χ1v) is 11.4. The molecule has 1 atom stereocenters. The number of carbonyl (C=O) groups excluding carboxylic acids is 1. The molecule has 2 aliphatic rings. The van der Waals surface area contributed by atoms with Gasteiger partial charge in [-0.1, -0.05) is 43.2 Å². The van der Waals surface area contributed by atoms with E-state index in [9.17, 15) is 19.1 Å². The van der Waals surface area contributed by atoms with Crippen LogP contribution in [0.2, 0.25) is 0 Å². The predicted octanol–water partition coefficient (Wildman–Crippen LogP) is 4.35. The van der Waals surface area contributed by atoms with E-state index in [4.69, 9.17) is 0 Å². The van der Waals surface area contributed by atoms with Crippen LogP contribution in [-0.4, -0.2) is 27.6 Å². The van der Waals surface area contributed by atoms with Gasteiger partial charge in [0.25, 0.3) is 0 Å². The van der Waals surface area contributed by atoms with Gasteiger partial charge >= 0.3 is 5.97 Å². The van der Waals surface area contributed by atoms with Crippen molar-refractivity contribution >= 4 is 22.8 Å². The summed E-state index contributed by atoms with van der Waals surface area (Å²) in [7, 11) is 0. The highest BCUT2D eigenvalue weighted by atomic mass is 19.1. The molecule has 0 spiro atoms. The van der Waals surface area contributed by atoms with Gasteiger partial charge < -0.3 is 15.0 Å². The number of hydrogen-bond donors (Lipinski definition) is 2. The van der Waals surface area contributed by atoms with E-state index in [2.05, 4.69) is 9.88 Å². The fourth-order valence-corrected chi connectivity index (χ4v) is 5.73. The van der Waals surface area contributed by atoms with Gasteiger partial charge in [-0.3, -0.25) is 9.59 Å². The van der Waals surface area contributed by atoms with Gasteiger partial charge in [0.2, 0.25) is 5.91 Å². The van der Waals surface area contributed by atoms with Crippen LogP contribution in [0.1, 0.15) is 48.9 Å². The maximum absolute atomic E-state index is 13.6. The van der Waals surface area contributed by atoms with Crippen LogP contribution < -0.4 is 5.32 Å². The second-order valence-corrected chi connectivity index (χ2v) is 9.13. The van der Waals surface area contributed by atoms with Crippen molar-refractivity contribution in [2.24, 2.45) is 0 Å². The normalized spacial score (nSPS) is 19.6. The smallest absolute Gasteiger partial charge is 0.307 e. The highest BCUT2D eigenvalue weighted by molar-refractivity contribution is 5.90. The summed E-state index contributed by atoms with van der Waals surface area (Å²) in [4.78, 5) is 25.0. The Morgan fingerprint density at radius 2 is 1.81 bits per heavy atom. The third-order valence-corrected chi connectivity index (χ3v) is 7.28. The first kappa shape index (κ1) is 20.7. The number of carboxylic acid groups (broad SMARTS) is 1. The largest absolute Gasteiger partial charge is 0.481 e. The summed E-state index contributed by atoms with van der Waals surface area (Å²) in [6, 6.07) is 14.2. The first-order valence-electron chi connectivity index (χ1n) is 11.4. The molecular weight excluding hydrogens is 407 g/mol. The number of aliphatic carboxylic acids is 1. The van der Waals surface area contributed by atoms with Gasteiger partial charge in [-0.2, -0.15) is 0 Å². The molecule has 32 heavy (non-hydrogen) atoms. The summed E-state index contributed by atoms with van der Waals surface area (Å²) in [6.07, 6.45) is 5.03. The number of hydrogen-bond acceptors (Lipinski definition) is 2. The number of carbonyl (C=O) groups is 2. The number of amides is 1. The number of carboxylic acids is 1. The second-order valence-electron chi connectivity index (χ2n) is 9.13. The molecule has 1 amide bonds. The minimum Gasteiger partial charge on any atom is -0.481 e. The second kappa shape index (κ2) is 8.08. The molecule has 1 aromatic heterocycles. The average Bonchev–Trinajstić information content (AvgIpc) is 3.39. The van der Waals surface area contributed by atoms with E-state index in [1.54, 1.807) is 12.1 Å². The van der Waals surface area contributed by atoms with Crippen molar-refractivity contribution < 1.29 is 19.1 Å². The molecule has 2 heterocycles. The average molecular weight is 435 g/mol. The Kier molecular flexibility index (Phi) is 5.24. The van der Waals surface area contributed by atoms with Crippen molar-refractivity contribution in [3.05, 3.63) is 71.2 Å². The van der Waals surface area contributed by atoms with Crippen LogP contribution in [0.15, 0.2) is 48.5 Å². The Balaban J connectivity index is 1.42. The van der Waals surface area contributed by atoms with E-state index in [0.717, 1.165) is 66.2 Å². The number of nitrogens with zero attached hydrogens (tertiary/aromatic N) is 1. The topological polar surface area (TPSA) is 71.3 Å². The van der Waals surface area contributed by atoms with Gasteiger partial charge in [0, 0.05) is 29.2 Å². The number of para-hydroxylation sites is 1. The summed E-state index contributed by atoms with van der Waals surface area (Å²) in [6.45, 7) is 0.626. The number of fused-ring (bicyclic) bond motifs is 3. The fourth-order valence-electron chi connectivity index (χ4n) is 5.73. The Labute approximate surface area is 186 Å². The Morgan fingerprint density at radius 3 is 2.53 bits per heavy atom. The Bertz CT molecular complexity index is 1180. The van der Waals surface area contributed by atoms with E-state index in [0.29, 0.717) is 6.54 Å². The Morgan fingerprint density at radius 1 is 1.09 bits per heavy atom. The lowest BCUT2D eigenvalue weighted by atomic mass is 9.77. The molecule has 3 aromatic rings. The predicted molar refractivity (Wildman–Crippen MR) is 120 cm³/mol. The Hall–Kier alpha value is -3.15. The third-order valence-electron chi connectivity index (χ3n) is 7.28. The molecule has 0 saturated heterocycles. The first-order chi connectivity index (χ1) is 15.5. The summed E-state index contributed by atoms with van der Waals surface area (Å²) in [5, 5.41) is 13.7. The lowest BCUT2D eigenvalue weighted by Gasteiger charge is -2.33. The van der Waals surface area contributed by atoms with Crippen LogP contribution in [-0.2, 0) is 34.4 Å². The minimum atomic E-state index is -0.831. The number of halogens is 1. The lowest BCUT2D eigenvalue weighted by Crippen LogP contribution is -2.49. The van der Waals surface area contributed by atoms with E-state index in [1.807, 2.05) is 24.3 Å². The van der Waals surface area contributed by atoms with Crippen molar-refractivity contribution in [2.45, 2.75) is 62.9 Å². The zero-order chi connectivity index (χ0) is 22.3. The van der Waals surface area contributed by atoms with Crippen LogP contribution in [0.3, 0.4) is 0 Å². The molecule has 166 valence electrons. The van der Waals surface area contributed by atoms with Crippen LogP contribution >= 0.6 is 0 Å². The summed E-state index contributed by atoms with van der Waals surface area (Å²) >= 11 is 0. The number of aromatic nitrogens is 1. The van der Waals surface area contributed by atoms with Crippen LogP contribution in [0.5, 0.6) is 0 Å². The van der Waals surface area contributed by atoms with Crippen LogP contribution in [0.25, 0.3) is 10.9 Å². The van der Waals surface area contributed by atoms with Gasteiger partial charge in [0.15, 0.2) is 0 Å². The number of benzene rings is 2. The number of rotatable bonds is 5. The van der Waals surface area contributed by atoms with Crippen molar-refractivity contribution in [2.75, 3.05) is 0 Å². The standard InChI is InChI=1S/C26H27FN2O3/c27-18-9-7-17(8-10-18)26(13-3-4-14-26)25(32)28-19-11-12-23-21(15-24(30)31)20-5-1-2-6-22(20)29(23)16-19/h1-2,5-10,19H,3-4,11-16H2,(H,28,32)(H,30,31). The number of nitrogens with one attached hydrogen (secondary N) is 1. The van der Waals surface area contributed by atoms with Gasteiger partial charge in [0.05, 0.1) is 11.8 Å². The van der Waals surface area contributed by atoms with E-state index >= 15 is 0 Å². The minimum absolute atomic E-state index is 0.00749. The zero-order valence-electron chi connectivity index (χ0n) is 17.9. The van der Waals surface area contributed by atoms with E-state index in [1.165, 1.54) is 12.1 Å². The molecule has 2 N–H and O–H groups in total. The molecule has 0 bridgehead atoms. The molecule has 0 radical (unpaired) electrons. The van der Waals surface area contributed by atoms with Crippen molar-refractivity contribution in [1.82, 2.24) is 9.88 Å². The molecule has 2 aromatic carbocycles. The van der Waals surface area contributed by atoms with Gasteiger partial charge in [-0.15, -0.1) is 0 Å². The van der Waals surface area contributed by atoms with E-state index < -0.39 is 11.4 Å². The molecule has 1 aliphatic heterocycles. The zero-order valence-corrected chi connectivity index (χ0v) is 17.9. The molecule has 5 nitrogen and oxygen atoms in total. The highest BCUT2D eigenvalue weighted by Gasteiger charge is 2.43. The monoisotopic (exact) mass is 434 g/mol. The SMILES string of the molecule is O=C(O)Cc1c2n(c3ccccc13)CC(NC(=O)C1(c3ccc(F)cc3)CCCC1)CC2. The van der Waals surface area contributed by atoms with Crippen LogP contribution in [0, 0.1) is 5.82 Å². The maximum Gasteiger partial charge on any atom is 0.307 e. The molecule has 1 aliphatic carbocycles. The molecule has 1 unspecified atom stereocenters. The summed E-state index contributed by atoms with van der Waals surface area (Å²) in [5.41, 5.74) is 3.26. The molecule has 6 heteroatoms. The summed E-state index contributed by atoms with van der Waals surface area (Å²) in [5.74, 6) is -1.10. The quantitative estimate of drug-likeness (QED) is 0.627.